The molecule has 0 heterocycles. The highest BCUT2D eigenvalue weighted by atomic mass is 32.2. The van der Waals surface area contributed by atoms with Gasteiger partial charge in [0.05, 0.1) is 5.92 Å². The second kappa shape index (κ2) is 8.39. The summed E-state index contributed by atoms with van der Waals surface area (Å²) in [6, 6.07) is 0. The highest BCUT2D eigenvalue weighted by Crippen LogP contribution is 2.24. The van der Waals surface area contributed by atoms with Crippen molar-refractivity contribution in [2.24, 2.45) is 5.92 Å². The molecule has 4 nitrogen and oxygen atoms in total. The fourth-order valence-corrected chi connectivity index (χ4v) is 2.32. The molecule has 1 fully saturated rings. The normalized spacial score (nSPS) is 16.5. The van der Waals surface area contributed by atoms with Crippen LogP contribution in [0.3, 0.4) is 0 Å². The largest absolute Gasteiger partial charge is 0.428 e. The summed E-state index contributed by atoms with van der Waals surface area (Å²) >= 11 is 1.11. The second-order valence-electron chi connectivity index (χ2n) is 4.16. The Morgan fingerprint density at radius 3 is 2.53 bits per heavy atom. The third-order valence-electron chi connectivity index (χ3n) is 2.74. The van der Waals surface area contributed by atoms with Crippen LogP contribution in [0.25, 0.3) is 0 Å². The summed E-state index contributed by atoms with van der Waals surface area (Å²) in [6.45, 7) is 1.74. The molecule has 98 valence electrons. The Morgan fingerprint density at radius 2 is 1.88 bits per heavy atom. The molecule has 0 radical (unpaired) electrons. The molecular weight excluding hydrogens is 240 g/mol. The van der Waals surface area contributed by atoms with Gasteiger partial charge < -0.3 is 9.47 Å². The van der Waals surface area contributed by atoms with Crippen LogP contribution >= 0.6 is 11.8 Å². The van der Waals surface area contributed by atoms with Gasteiger partial charge in [0, 0.05) is 5.75 Å². The third kappa shape index (κ3) is 5.96. The first-order chi connectivity index (χ1) is 8.24. The molecule has 1 aliphatic rings. The van der Waals surface area contributed by atoms with E-state index in [0.29, 0.717) is 0 Å². The predicted molar refractivity (Wildman–Crippen MR) is 66.8 cm³/mol. The molecule has 0 unspecified atom stereocenters. The number of ether oxygens (including phenoxy) is 2. The Kier molecular flexibility index (Phi) is 7.08. The number of carbonyl (C=O) groups is 2. The standard InChI is InChI=1S/C12H20O4S/c1-2-8-17-12(14)16-9-15-11(13)10-6-4-3-5-7-10/h10H,2-9H2,1H3. The van der Waals surface area contributed by atoms with Crippen LogP contribution in [0.2, 0.25) is 0 Å². The maximum atomic E-state index is 11.6. The summed E-state index contributed by atoms with van der Waals surface area (Å²) in [5.74, 6) is 0.513. The Hall–Kier alpha value is -0.710. The van der Waals surface area contributed by atoms with Crippen molar-refractivity contribution in [3.05, 3.63) is 0 Å². The van der Waals surface area contributed by atoms with Crippen molar-refractivity contribution in [2.45, 2.75) is 45.4 Å². The molecule has 1 rings (SSSR count). The number of hydrogen-bond donors (Lipinski definition) is 0. The molecular formula is C12H20O4S. The zero-order valence-electron chi connectivity index (χ0n) is 10.3. The van der Waals surface area contributed by atoms with Crippen LogP contribution in [0.15, 0.2) is 0 Å². The first kappa shape index (κ1) is 14.4. The van der Waals surface area contributed by atoms with Gasteiger partial charge in [-0.2, -0.15) is 0 Å². The average molecular weight is 260 g/mol. The molecule has 0 spiro atoms. The fraction of sp³-hybridized carbons (Fsp3) is 0.833. The van der Waals surface area contributed by atoms with Gasteiger partial charge in [0.1, 0.15) is 0 Å². The predicted octanol–water partition coefficient (Wildman–Crippen LogP) is 3.35. The maximum absolute atomic E-state index is 11.6. The Balaban J connectivity index is 2.08. The van der Waals surface area contributed by atoms with Gasteiger partial charge in [0.15, 0.2) is 0 Å². The summed E-state index contributed by atoms with van der Waals surface area (Å²) in [7, 11) is 0. The molecule has 0 atom stereocenters. The van der Waals surface area contributed by atoms with Gasteiger partial charge in [-0.15, -0.1) is 0 Å². The lowest BCUT2D eigenvalue weighted by atomic mass is 9.89. The number of hydrogen-bond acceptors (Lipinski definition) is 5. The van der Waals surface area contributed by atoms with Crippen LogP contribution in [0, 0.1) is 5.92 Å². The van der Waals surface area contributed by atoms with E-state index in [0.717, 1.165) is 49.6 Å². The molecule has 0 bridgehead atoms. The molecule has 0 amide bonds. The number of rotatable bonds is 5. The zero-order valence-corrected chi connectivity index (χ0v) is 11.1. The van der Waals surface area contributed by atoms with Crippen LogP contribution < -0.4 is 0 Å². The summed E-state index contributed by atoms with van der Waals surface area (Å²) in [4.78, 5) is 22.7. The van der Waals surface area contributed by atoms with Crippen LogP contribution in [-0.4, -0.2) is 23.8 Å². The van der Waals surface area contributed by atoms with E-state index in [2.05, 4.69) is 0 Å². The Morgan fingerprint density at radius 1 is 1.18 bits per heavy atom. The van der Waals surface area contributed by atoms with Crippen molar-refractivity contribution in [3.63, 3.8) is 0 Å². The lowest BCUT2D eigenvalue weighted by molar-refractivity contribution is -0.157. The minimum atomic E-state index is -0.372. The molecule has 17 heavy (non-hydrogen) atoms. The molecule has 1 saturated carbocycles. The lowest BCUT2D eigenvalue weighted by Gasteiger charge is -2.19. The quantitative estimate of drug-likeness (QED) is 0.560. The summed E-state index contributed by atoms with van der Waals surface area (Å²) in [6.07, 6.45) is 6.10. The first-order valence-electron chi connectivity index (χ1n) is 6.20. The molecule has 0 aliphatic heterocycles. The second-order valence-corrected chi connectivity index (χ2v) is 5.19. The maximum Gasteiger partial charge on any atom is 0.370 e. The minimum Gasteiger partial charge on any atom is -0.428 e. The summed E-state index contributed by atoms with van der Waals surface area (Å²) < 4.78 is 9.72. The minimum absolute atomic E-state index is 0.00532. The van der Waals surface area contributed by atoms with Crippen molar-refractivity contribution < 1.29 is 19.1 Å². The Bertz CT molecular complexity index is 249. The van der Waals surface area contributed by atoms with Crippen molar-refractivity contribution in [3.8, 4) is 0 Å². The Labute approximate surface area is 106 Å². The number of esters is 1. The number of carbonyl (C=O) groups excluding carboxylic acids is 2. The highest BCUT2D eigenvalue weighted by Gasteiger charge is 2.22. The smallest absolute Gasteiger partial charge is 0.370 e. The van der Waals surface area contributed by atoms with Gasteiger partial charge in [-0.25, -0.2) is 4.79 Å². The first-order valence-corrected chi connectivity index (χ1v) is 7.18. The van der Waals surface area contributed by atoms with Crippen molar-refractivity contribution in [1.82, 2.24) is 0 Å². The van der Waals surface area contributed by atoms with Crippen LogP contribution in [-0.2, 0) is 14.3 Å². The molecule has 0 aromatic carbocycles. The fourth-order valence-electron chi connectivity index (χ4n) is 1.82. The van der Waals surface area contributed by atoms with Gasteiger partial charge in [0.2, 0.25) is 6.79 Å². The van der Waals surface area contributed by atoms with E-state index >= 15 is 0 Å². The van der Waals surface area contributed by atoms with Crippen LogP contribution in [0.4, 0.5) is 4.79 Å². The van der Waals surface area contributed by atoms with E-state index in [9.17, 15) is 9.59 Å². The van der Waals surface area contributed by atoms with Crippen molar-refractivity contribution in [1.29, 1.82) is 0 Å². The zero-order chi connectivity index (χ0) is 12.5. The van der Waals surface area contributed by atoms with E-state index in [-0.39, 0.29) is 24.0 Å². The molecule has 1 aliphatic carbocycles. The van der Waals surface area contributed by atoms with E-state index in [1.165, 1.54) is 6.42 Å². The van der Waals surface area contributed by atoms with E-state index < -0.39 is 0 Å². The van der Waals surface area contributed by atoms with Crippen LogP contribution in [0.1, 0.15) is 45.4 Å². The highest BCUT2D eigenvalue weighted by molar-refractivity contribution is 8.13. The van der Waals surface area contributed by atoms with Gasteiger partial charge >= 0.3 is 11.3 Å². The molecule has 0 N–H and O–H groups in total. The van der Waals surface area contributed by atoms with Gasteiger partial charge in [-0.3, -0.25) is 4.79 Å². The van der Waals surface area contributed by atoms with E-state index in [1.54, 1.807) is 0 Å². The SMILES string of the molecule is CCCSC(=O)OCOC(=O)C1CCCCC1. The monoisotopic (exact) mass is 260 g/mol. The lowest BCUT2D eigenvalue weighted by Crippen LogP contribution is -2.21. The van der Waals surface area contributed by atoms with Gasteiger partial charge in [-0.05, 0) is 31.0 Å². The van der Waals surface area contributed by atoms with Gasteiger partial charge in [-0.1, -0.05) is 26.2 Å². The molecule has 5 heteroatoms. The topological polar surface area (TPSA) is 52.6 Å². The molecule has 0 aromatic rings. The number of thioether (sulfide) groups is 1. The van der Waals surface area contributed by atoms with E-state index in [1.807, 2.05) is 6.92 Å². The van der Waals surface area contributed by atoms with Crippen molar-refractivity contribution >= 4 is 23.0 Å². The summed E-state index contributed by atoms with van der Waals surface area (Å²) in [5, 5.41) is -0.372. The van der Waals surface area contributed by atoms with Crippen molar-refractivity contribution in [2.75, 3.05) is 12.5 Å². The third-order valence-corrected chi connectivity index (χ3v) is 3.71. The average Bonchev–Trinajstić information content (AvgIpc) is 2.37. The van der Waals surface area contributed by atoms with Crippen LogP contribution in [0.5, 0.6) is 0 Å². The van der Waals surface area contributed by atoms with Gasteiger partial charge in [0.25, 0.3) is 0 Å². The van der Waals surface area contributed by atoms with E-state index in [4.69, 9.17) is 9.47 Å². The molecule has 0 aromatic heterocycles. The summed E-state index contributed by atoms with van der Waals surface area (Å²) in [5.41, 5.74) is 0. The molecule has 0 saturated heterocycles.